The molecule has 13 heteroatoms. The number of hydrogen-bond donors (Lipinski definition) is 5. The van der Waals surface area contributed by atoms with E-state index < -0.39 is 5.60 Å². The first-order chi connectivity index (χ1) is 24.4. The maximum atomic E-state index is 12.5. The number of nitrogens with one attached hydrogen (secondary N) is 1. The minimum atomic E-state index is -0.569. The van der Waals surface area contributed by atoms with Crippen molar-refractivity contribution in [1.29, 1.82) is 10.5 Å². The lowest BCUT2D eigenvalue weighted by Crippen LogP contribution is -2.42. The largest absolute Gasteiger partial charge is 0.507 e. The first kappa shape index (κ1) is 39.2. The molecule has 0 bridgehead atoms. The Morgan fingerprint density at radius 1 is 0.865 bits per heavy atom. The number of likely N-dealkylation sites (tertiary alicyclic amines) is 1. The number of phenols is 2. The van der Waals surface area contributed by atoms with Gasteiger partial charge in [-0.1, -0.05) is 24.3 Å². The van der Waals surface area contributed by atoms with Crippen LogP contribution in [0.5, 0.6) is 11.5 Å². The first-order valence-electron chi connectivity index (χ1n) is 17.1. The Hall–Kier alpha value is -5.56. The SMILES string of the molecule is CC(C)(C)OC(=O)N1CCCC(c2cc(-c3ccccc3O)nc(N)c2C#N)C1.Cl.N#Cc1c(C2CCCNC2)cc(-c2ccccc2O)nc1N. The molecule has 2 aromatic carbocycles. The number of nitrogens with two attached hydrogens (primary N) is 2. The van der Waals surface area contributed by atoms with Crippen molar-refractivity contribution < 1.29 is 19.7 Å². The van der Waals surface area contributed by atoms with E-state index in [2.05, 4.69) is 27.4 Å². The van der Waals surface area contributed by atoms with Gasteiger partial charge in [0.2, 0.25) is 0 Å². The highest BCUT2D eigenvalue weighted by Gasteiger charge is 2.31. The topological polar surface area (TPSA) is 207 Å². The monoisotopic (exact) mass is 724 g/mol. The van der Waals surface area contributed by atoms with Crippen molar-refractivity contribution in [1.82, 2.24) is 20.2 Å². The van der Waals surface area contributed by atoms with Crippen molar-refractivity contribution in [3.05, 3.63) is 82.9 Å². The molecule has 0 radical (unpaired) electrons. The van der Waals surface area contributed by atoms with Crippen LogP contribution in [0.2, 0.25) is 0 Å². The molecular formula is C39H45ClN8O4. The highest BCUT2D eigenvalue weighted by atomic mass is 35.5. The van der Waals surface area contributed by atoms with E-state index in [9.17, 15) is 25.5 Å². The van der Waals surface area contributed by atoms with Crippen LogP contribution in [-0.2, 0) is 4.74 Å². The average Bonchev–Trinajstić information content (AvgIpc) is 3.11. The third-order valence-corrected chi connectivity index (χ3v) is 8.99. The van der Waals surface area contributed by atoms with Crippen LogP contribution in [-0.4, -0.2) is 63.0 Å². The van der Waals surface area contributed by atoms with Crippen molar-refractivity contribution in [2.75, 3.05) is 37.6 Å². The molecule has 2 saturated heterocycles. The summed E-state index contributed by atoms with van der Waals surface area (Å²) in [7, 11) is 0. The molecule has 2 aliphatic rings. The molecule has 272 valence electrons. The Kier molecular flexibility index (Phi) is 12.9. The molecule has 0 aliphatic carbocycles. The Balaban J connectivity index is 0.000000236. The van der Waals surface area contributed by atoms with Crippen molar-refractivity contribution in [3.8, 4) is 46.2 Å². The molecule has 6 rings (SSSR count). The molecule has 52 heavy (non-hydrogen) atoms. The van der Waals surface area contributed by atoms with Gasteiger partial charge in [0.05, 0.1) is 22.5 Å². The van der Waals surface area contributed by atoms with Crippen LogP contribution in [0, 0.1) is 22.7 Å². The van der Waals surface area contributed by atoms with Crippen LogP contribution < -0.4 is 16.8 Å². The summed E-state index contributed by atoms with van der Waals surface area (Å²) >= 11 is 0. The number of anilines is 2. The van der Waals surface area contributed by atoms with Crippen LogP contribution in [0.4, 0.5) is 16.4 Å². The van der Waals surface area contributed by atoms with Gasteiger partial charge in [-0.25, -0.2) is 14.8 Å². The van der Waals surface area contributed by atoms with Gasteiger partial charge in [0.25, 0.3) is 0 Å². The number of carbonyl (C=O) groups is 1. The number of piperidine rings is 2. The summed E-state index contributed by atoms with van der Waals surface area (Å²) < 4.78 is 5.50. The van der Waals surface area contributed by atoms with Crippen LogP contribution >= 0.6 is 12.4 Å². The number of halogens is 1. The Bertz CT molecular complexity index is 1980. The highest BCUT2D eigenvalue weighted by molar-refractivity contribution is 5.85. The number of benzene rings is 2. The second kappa shape index (κ2) is 17.1. The normalized spacial score (nSPS) is 17.0. The maximum Gasteiger partial charge on any atom is 0.410 e. The Labute approximate surface area is 310 Å². The lowest BCUT2D eigenvalue weighted by atomic mass is 9.87. The number of pyridine rings is 2. The summed E-state index contributed by atoms with van der Waals surface area (Å²) in [6.45, 7) is 8.39. The third-order valence-electron chi connectivity index (χ3n) is 8.99. The third kappa shape index (κ3) is 9.21. The van der Waals surface area contributed by atoms with Gasteiger partial charge in [-0.05, 0) is 106 Å². The predicted molar refractivity (Wildman–Crippen MR) is 203 cm³/mol. The zero-order valence-corrected chi connectivity index (χ0v) is 30.4. The highest BCUT2D eigenvalue weighted by Crippen LogP contribution is 2.37. The number of hydrogen-bond acceptors (Lipinski definition) is 11. The molecule has 2 fully saturated rings. The van der Waals surface area contributed by atoms with Gasteiger partial charge >= 0.3 is 6.09 Å². The van der Waals surface area contributed by atoms with E-state index in [0.717, 1.165) is 49.9 Å². The van der Waals surface area contributed by atoms with Gasteiger partial charge in [0.1, 0.15) is 40.9 Å². The van der Waals surface area contributed by atoms with E-state index in [0.29, 0.717) is 46.7 Å². The quantitative estimate of drug-likeness (QED) is 0.148. The van der Waals surface area contributed by atoms with Crippen molar-refractivity contribution in [3.63, 3.8) is 0 Å². The molecule has 2 unspecified atom stereocenters. The molecule has 4 aromatic rings. The fourth-order valence-corrected chi connectivity index (χ4v) is 6.56. The molecule has 2 aliphatic heterocycles. The van der Waals surface area contributed by atoms with E-state index in [1.807, 2.05) is 32.9 Å². The number of para-hydroxylation sites is 2. The Morgan fingerprint density at radius 3 is 1.83 bits per heavy atom. The number of carbonyl (C=O) groups excluding carboxylic acids is 1. The number of aromatic hydroxyl groups is 2. The zero-order valence-electron chi connectivity index (χ0n) is 29.6. The van der Waals surface area contributed by atoms with Gasteiger partial charge in [-0.3, -0.25) is 0 Å². The summed E-state index contributed by atoms with van der Waals surface area (Å²) in [4.78, 5) is 22.8. The number of nitrogen functional groups attached to an aromatic ring is 2. The van der Waals surface area contributed by atoms with Crippen LogP contribution in [0.25, 0.3) is 22.5 Å². The molecule has 7 N–H and O–H groups in total. The maximum absolute atomic E-state index is 12.5. The van der Waals surface area contributed by atoms with Gasteiger partial charge in [-0.2, -0.15) is 10.5 Å². The summed E-state index contributed by atoms with van der Waals surface area (Å²) in [6, 6.07) is 21.9. The summed E-state index contributed by atoms with van der Waals surface area (Å²) in [5.41, 5.74) is 16.2. The fraction of sp³-hybridized carbons (Fsp3) is 0.359. The number of phenolic OH excluding ortho intramolecular Hbond substituents is 2. The van der Waals surface area contributed by atoms with E-state index in [1.54, 1.807) is 53.4 Å². The van der Waals surface area contributed by atoms with Gasteiger partial charge in [0.15, 0.2) is 0 Å². The molecule has 4 heterocycles. The van der Waals surface area contributed by atoms with Crippen LogP contribution in [0.1, 0.15) is 80.5 Å². The smallest absolute Gasteiger partial charge is 0.410 e. The van der Waals surface area contributed by atoms with E-state index in [-0.39, 0.29) is 53.5 Å². The summed E-state index contributed by atoms with van der Waals surface area (Å²) in [5, 5.41) is 42.6. The number of ether oxygens (including phenoxy) is 1. The summed E-state index contributed by atoms with van der Waals surface area (Å²) in [5.74, 6) is 0.779. The zero-order chi connectivity index (χ0) is 36.7. The molecule has 0 spiro atoms. The van der Waals surface area contributed by atoms with Gasteiger partial charge in [-0.15, -0.1) is 12.4 Å². The van der Waals surface area contributed by atoms with Crippen LogP contribution in [0.15, 0.2) is 60.7 Å². The van der Waals surface area contributed by atoms with Crippen molar-refractivity contribution in [2.24, 2.45) is 0 Å². The number of rotatable bonds is 4. The average molecular weight is 725 g/mol. The molecule has 2 atom stereocenters. The standard InChI is InChI=1S/C22H26N4O3.C17H18N4O.ClH/c1-22(2,3)29-21(28)26-10-6-7-14(13-26)16-11-18(25-20(24)17(16)12-23)15-8-4-5-9-19(15)27;18-9-14-13(11-4-3-7-20-10-11)8-15(21-17(14)19)12-5-1-2-6-16(12)22;/h4-5,8-9,11,14,27H,6-7,10,13H2,1-3H3,(H2,24,25);1-2,5-6,8,11,20,22H,3-4,7,10H2,(H2,19,21);1H. The number of aromatic nitrogens is 2. The lowest BCUT2D eigenvalue weighted by molar-refractivity contribution is 0.0198. The first-order valence-corrected chi connectivity index (χ1v) is 17.1. The summed E-state index contributed by atoms with van der Waals surface area (Å²) in [6.07, 6.45) is 3.35. The van der Waals surface area contributed by atoms with E-state index in [4.69, 9.17) is 16.2 Å². The van der Waals surface area contributed by atoms with Crippen LogP contribution in [0.3, 0.4) is 0 Å². The fourth-order valence-electron chi connectivity index (χ4n) is 6.56. The van der Waals surface area contributed by atoms with Crippen molar-refractivity contribution in [2.45, 2.75) is 63.9 Å². The number of amides is 1. The van der Waals surface area contributed by atoms with Crippen molar-refractivity contribution >= 4 is 30.1 Å². The second-order valence-corrected chi connectivity index (χ2v) is 13.8. The molecule has 2 aromatic heterocycles. The molecule has 12 nitrogen and oxygen atoms in total. The minimum Gasteiger partial charge on any atom is -0.507 e. The van der Waals surface area contributed by atoms with E-state index >= 15 is 0 Å². The van der Waals surface area contributed by atoms with Gasteiger partial charge in [0, 0.05) is 36.7 Å². The minimum absolute atomic E-state index is 0. The van der Waals surface area contributed by atoms with E-state index in [1.165, 1.54) is 0 Å². The number of nitriles is 2. The Morgan fingerprint density at radius 2 is 1.37 bits per heavy atom. The van der Waals surface area contributed by atoms with Gasteiger partial charge < -0.3 is 36.6 Å². The second-order valence-electron chi connectivity index (χ2n) is 13.8. The lowest BCUT2D eigenvalue weighted by Gasteiger charge is -2.34. The number of nitrogens with zero attached hydrogens (tertiary/aromatic N) is 5. The molecule has 0 saturated carbocycles. The predicted octanol–water partition coefficient (Wildman–Crippen LogP) is 6.82. The molecule has 1 amide bonds. The molecular weight excluding hydrogens is 680 g/mol.